The minimum Gasteiger partial charge on any atom is -0.300 e. The molecule has 2 rings (SSSR count). The van der Waals surface area contributed by atoms with Gasteiger partial charge in [0.15, 0.2) is 0 Å². The summed E-state index contributed by atoms with van der Waals surface area (Å²) < 4.78 is 28.8. The van der Waals surface area contributed by atoms with Gasteiger partial charge in [-0.2, -0.15) is 8.42 Å². The molecule has 2 radical (unpaired) electrons. The first-order valence-corrected chi connectivity index (χ1v) is 12.9. The second kappa shape index (κ2) is 19.7. The number of hydrogen-bond acceptors (Lipinski definition) is 4. The van der Waals surface area contributed by atoms with Crippen LogP contribution in [0, 0.1) is 0 Å². The van der Waals surface area contributed by atoms with Crippen molar-refractivity contribution in [3.05, 3.63) is 30.3 Å². The Morgan fingerprint density at radius 1 is 0.767 bits per heavy atom. The average molecular weight is 465 g/mol. The van der Waals surface area contributed by atoms with E-state index < -0.39 is 10.1 Å². The van der Waals surface area contributed by atoms with Gasteiger partial charge in [0.25, 0.3) is 10.1 Å². The van der Waals surface area contributed by atoms with E-state index in [1.165, 1.54) is 57.8 Å². The first kappa shape index (κ1) is 30.1. The molecule has 0 atom stereocenters. The zero-order chi connectivity index (χ0) is 21.2. The SMILES string of the molecule is CCCCCCCCCCCCOS(=O)(=O)c1ccccc1.O=C1CCCCC1.[Ca]. The quantitative estimate of drug-likeness (QED) is 0.191. The first-order valence-electron chi connectivity index (χ1n) is 11.5. The van der Waals surface area contributed by atoms with Crippen LogP contribution in [0.2, 0.25) is 0 Å². The molecule has 1 aromatic rings. The predicted molar refractivity (Wildman–Crippen MR) is 125 cm³/mol. The molecule has 0 aliphatic heterocycles. The Balaban J connectivity index is 0.000000886. The summed E-state index contributed by atoms with van der Waals surface area (Å²) in [5, 5.41) is 0. The fourth-order valence-electron chi connectivity index (χ4n) is 3.36. The van der Waals surface area contributed by atoms with Crippen LogP contribution in [0.25, 0.3) is 0 Å². The zero-order valence-corrected chi connectivity index (χ0v) is 22.0. The van der Waals surface area contributed by atoms with Crippen molar-refractivity contribution in [2.24, 2.45) is 0 Å². The summed E-state index contributed by atoms with van der Waals surface area (Å²) in [6, 6.07) is 8.33. The Hall–Kier alpha value is 0.0597. The molecule has 1 aliphatic rings. The molecule has 0 amide bonds. The third-order valence-corrected chi connectivity index (χ3v) is 6.51. The molecule has 4 nitrogen and oxygen atoms in total. The van der Waals surface area contributed by atoms with E-state index in [2.05, 4.69) is 6.92 Å². The van der Waals surface area contributed by atoms with Gasteiger partial charge in [0.1, 0.15) is 5.78 Å². The van der Waals surface area contributed by atoms with Crippen molar-refractivity contribution in [3.63, 3.8) is 0 Å². The minimum absolute atomic E-state index is 0. The number of ketones is 1. The third-order valence-electron chi connectivity index (χ3n) is 5.18. The average Bonchev–Trinajstić information content (AvgIpc) is 2.74. The summed E-state index contributed by atoms with van der Waals surface area (Å²) in [4.78, 5) is 10.7. The molecule has 30 heavy (non-hydrogen) atoms. The number of rotatable bonds is 13. The fraction of sp³-hybridized carbons (Fsp3) is 0.708. The molecular formula is C24H40CaO4S. The van der Waals surface area contributed by atoms with Crippen LogP contribution in [0.3, 0.4) is 0 Å². The van der Waals surface area contributed by atoms with E-state index >= 15 is 0 Å². The molecule has 1 aliphatic carbocycles. The van der Waals surface area contributed by atoms with Crippen molar-refractivity contribution in [1.29, 1.82) is 0 Å². The maximum absolute atomic E-state index is 11.9. The molecule has 0 unspecified atom stereocenters. The molecule has 0 aromatic heterocycles. The molecular weight excluding hydrogens is 424 g/mol. The van der Waals surface area contributed by atoms with Crippen molar-refractivity contribution in [2.45, 2.75) is 108 Å². The second-order valence-corrected chi connectivity index (χ2v) is 9.49. The van der Waals surface area contributed by atoms with E-state index in [1.807, 2.05) is 0 Å². The molecule has 1 saturated carbocycles. The van der Waals surface area contributed by atoms with E-state index in [0.29, 0.717) is 5.78 Å². The van der Waals surface area contributed by atoms with E-state index in [4.69, 9.17) is 4.18 Å². The van der Waals surface area contributed by atoms with Crippen LogP contribution in [-0.4, -0.2) is 58.5 Å². The largest absolute Gasteiger partial charge is 0.300 e. The Kier molecular flexibility index (Phi) is 19.8. The summed E-state index contributed by atoms with van der Waals surface area (Å²) in [6.07, 6.45) is 17.5. The van der Waals surface area contributed by atoms with Crippen molar-refractivity contribution in [3.8, 4) is 0 Å². The van der Waals surface area contributed by atoms with E-state index in [0.717, 1.165) is 38.5 Å². The fourth-order valence-corrected chi connectivity index (χ4v) is 4.32. The third kappa shape index (κ3) is 15.8. The molecule has 1 fully saturated rings. The van der Waals surface area contributed by atoms with Crippen LogP contribution in [0.1, 0.15) is 103 Å². The van der Waals surface area contributed by atoms with Crippen LogP contribution < -0.4 is 0 Å². The van der Waals surface area contributed by atoms with Gasteiger partial charge in [-0.1, -0.05) is 89.3 Å². The van der Waals surface area contributed by atoms with Crippen molar-refractivity contribution < 1.29 is 17.4 Å². The monoisotopic (exact) mass is 464 g/mol. The molecule has 1 aromatic carbocycles. The summed E-state index contributed by atoms with van der Waals surface area (Å²) >= 11 is 0. The molecule has 0 saturated heterocycles. The minimum atomic E-state index is -3.57. The maximum atomic E-state index is 11.9. The Bertz CT molecular complexity index is 624. The van der Waals surface area contributed by atoms with Crippen LogP contribution >= 0.6 is 0 Å². The van der Waals surface area contributed by atoms with Gasteiger partial charge in [-0.15, -0.1) is 0 Å². The van der Waals surface area contributed by atoms with Gasteiger partial charge >= 0.3 is 0 Å². The van der Waals surface area contributed by atoms with Crippen molar-refractivity contribution in [1.82, 2.24) is 0 Å². The van der Waals surface area contributed by atoms with Gasteiger partial charge in [-0.3, -0.25) is 8.98 Å². The van der Waals surface area contributed by atoms with Crippen LogP contribution in [0.5, 0.6) is 0 Å². The van der Waals surface area contributed by atoms with E-state index in [1.54, 1.807) is 30.3 Å². The van der Waals surface area contributed by atoms with Gasteiger partial charge in [-0.05, 0) is 31.4 Å². The Morgan fingerprint density at radius 2 is 1.27 bits per heavy atom. The molecule has 0 bridgehead atoms. The number of hydrogen-bond donors (Lipinski definition) is 0. The smallest absolute Gasteiger partial charge is 0.296 e. The predicted octanol–water partition coefficient (Wildman–Crippen LogP) is 6.45. The maximum Gasteiger partial charge on any atom is 0.296 e. The Labute approximate surface area is 214 Å². The molecule has 168 valence electrons. The van der Waals surface area contributed by atoms with Gasteiger partial charge < -0.3 is 0 Å². The standard InChI is InChI=1S/C18H30O3S.C6H10O.Ca/c1-2-3-4-5-6-7-8-9-10-14-17-21-22(19,20)18-15-12-11-13-16-18;7-6-4-2-1-3-5-6;/h11-13,15-16H,2-10,14,17H2,1H3;1-5H2;. The summed E-state index contributed by atoms with van der Waals surface area (Å²) in [6.45, 7) is 2.52. The van der Waals surface area contributed by atoms with Gasteiger partial charge in [0, 0.05) is 50.6 Å². The zero-order valence-electron chi connectivity index (χ0n) is 18.9. The number of unbranched alkanes of at least 4 members (excludes halogenated alkanes) is 9. The summed E-state index contributed by atoms with van der Waals surface area (Å²) in [5.41, 5.74) is 0. The van der Waals surface area contributed by atoms with Gasteiger partial charge in [0.2, 0.25) is 0 Å². The van der Waals surface area contributed by atoms with Crippen molar-refractivity contribution in [2.75, 3.05) is 6.61 Å². The number of Topliss-reactive ketones (excluding diaryl/α,β-unsaturated/α-hetero) is 1. The molecule has 6 heteroatoms. The van der Waals surface area contributed by atoms with Crippen LogP contribution in [0.4, 0.5) is 0 Å². The molecule has 0 spiro atoms. The van der Waals surface area contributed by atoms with E-state index in [9.17, 15) is 13.2 Å². The second-order valence-electron chi connectivity index (χ2n) is 7.87. The molecule has 0 heterocycles. The number of carbonyl (C=O) groups excluding carboxylic acids is 1. The first-order chi connectivity index (χ1) is 14.1. The molecule has 0 N–H and O–H groups in total. The summed E-state index contributed by atoms with van der Waals surface area (Å²) in [5.74, 6) is 0.464. The summed E-state index contributed by atoms with van der Waals surface area (Å²) in [7, 11) is -3.57. The number of benzene rings is 1. The van der Waals surface area contributed by atoms with Gasteiger partial charge in [-0.25, -0.2) is 0 Å². The van der Waals surface area contributed by atoms with E-state index in [-0.39, 0.29) is 49.2 Å². The van der Waals surface area contributed by atoms with Crippen LogP contribution in [-0.2, 0) is 19.1 Å². The Morgan fingerprint density at radius 3 is 1.73 bits per heavy atom. The number of carbonyl (C=O) groups is 1. The topological polar surface area (TPSA) is 60.4 Å². The van der Waals surface area contributed by atoms with Crippen molar-refractivity contribution >= 4 is 53.6 Å². The normalized spacial score (nSPS) is 13.8. The van der Waals surface area contributed by atoms with Gasteiger partial charge in [0.05, 0.1) is 11.5 Å². The van der Waals surface area contributed by atoms with Crippen LogP contribution in [0.15, 0.2) is 35.2 Å².